The van der Waals surface area contributed by atoms with Crippen molar-refractivity contribution in [3.8, 4) is 0 Å². The van der Waals surface area contributed by atoms with Gasteiger partial charge in [0.25, 0.3) is 0 Å². The molecule has 1 heterocycles. The first kappa shape index (κ1) is 10.1. The number of rotatable bonds is 2. The summed E-state index contributed by atoms with van der Waals surface area (Å²) < 4.78 is 0. The molecule has 0 amide bonds. The summed E-state index contributed by atoms with van der Waals surface area (Å²) in [6.07, 6.45) is 4.23. The van der Waals surface area contributed by atoms with Crippen LogP contribution in [0.15, 0.2) is 0 Å². The first-order chi connectivity index (χ1) is 6.68. The molecular weight excluding hydrogens is 176 g/mol. The fourth-order valence-electron chi connectivity index (χ4n) is 2.66. The molecular formula is C11H20N2O. The van der Waals surface area contributed by atoms with Gasteiger partial charge in [-0.3, -0.25) is 9.69 Å². The molecule has 2 aliphatic rings. The number of carbonyl (C=O) groups excluding carboxylic acids is 1. The lowest BCUT2D eigenvalue weighted by Gasteiger charge is -2.24. The second kappa shape index (κ2) is 3.99. The number of Topliss-reactive ketones (excluding diaryl/α,β-unsaturated/α-hetero) is 1. The molecule has 2 unspecified atom stereocenters. The molecule has 2 fully saturated rings. The van der Waals surface area contributed by atoms with Gasteiger partial charge in [0.2, 0.25) is 0 Å². The zero-order valence-corrected chi connectivity index (χ0v) is 9.20. The van der Waals surface area contributed by atoms with Crippen LogP contribution in [-0.4, -0.2) is 54.9 Å². The molecule has 0 radical (unpaired) electrons. The van der Waals surface area contributed by atoms with Gasteiger partial charge in [0, 0.05) is 25.6 Å². The van der Waals surface area contributed by atoms with E-state index in [-0.39, 0.29) is 6.04 Å². The summed E-state index contributed by atoms with van der Waals surface area (Å²) >= 11 is 0. The number of likely N-dealkylation sites (tertiary alicyclic amines) is 1. The Bertz CT molecular complexity index is 227. The van der Waals surface area contributed by atoms with Gasteiger partial charge in [0.15, 0.2) is 0 Å². The lowest BCUT2D eigenvalue weighted by Crippen LogP contribution is -2.39. The molecule has 14 heavy (non-hydrogen) atoms. The molecule has 0 bridgehead atoms. The van der Waals surface area contributed by atoms with Crippen LogP contribution < -0.4 is 0 Å². The van der Waals surface area contributed by atoms with Crippen LogP contribution in [0.5, 0.6) is 0 Å². The quantitative estimate of drug-likeness (QED) is 0.651. The minimum atomic E-state index is 0.264. The van der Waals surface area contributed by atoms with Gasteiger partial charge in [0.05, 0.1) is 6.04 Å². The smallest absolute Gasteiger partial charge is 0.149 e. The lowest BCUT2D eigenvalue weighted by molar-refractivity contribution is -0.121. The van der Waals surface area contributed by atoms with Crippen molar-refractivity contribution < 1.29 is 4.79 Å². The Labute approximate surface area is 86.1 Å². The highest BCUT2D eigenvalue weighted by Crippen LogP contribution is 2.25. The van der Waals surface area contributed by atoms with Gasteiger partial charge in [0.1, 0.15) is 5.78 Å². The number of hydrogen-bond acceptors (Lipinski definition) is 3. The minimum Gasteiger partial charge on any atom is -0.305 e. The molecule has 1 aliphatic carbocycles. The highest BCUT2D eigenvalue weighted by Gasteiger charge is 2.35. The van der Waals surface area contributed by atoms with Crippen LogP contribution in [0.2, 0.25) is 0 Å². The maximum absolute atomic E-state index is 11.6. The largest absolute Gasteiger partial charge is 0.305 e. The minimum absolute atomic E-state index is 0.264. The van der Waals surface area contributed by atoms with Crippen LogP contribution in [0.4, 0.5) is 0 Å². The molecule has 0 aromatic heterocycles. The number of hydrogen-bond donors (Lipinski definition) is 0. The molecule has 3 nitrogen and oxygen atoms in total. The van der Waals surface area contributed by atoms with E-state index in [0.717, 1.165) is 32.4 Å². The molecule has 0 spiro atoms. The lowest BCUT2D eigenvalue weighted by atomic mass is 10.2. The van der Waals surface area contributed by atoms with Crippen molar-refractivity contribution in [2.24, 2.45) is 0 Å². The second-order valence-corrected chi connectivity index (χ2v) is 4.78. The third-order valence-corrected chi connectivity index (χ3v) is 3.64. The second-order valence-electron chi connectivity index (χ2n) is 4.78. The third kappa shape index (κ3) is 1.84. The maximum Gasteiger partial charge on any atom is 0.149 e. The monoisotopic (exact) mass is 196 g/mol. The van der Waals surface area contributed by atoms with E-state index < -0.39 is 0 Å². The van der Waals surface area contributed by atoms with E-state index in [1.807, 2.05) is 0 Å². The van der Waals surface area contributed by atoms with Crippen molar-refractivity contribution in [2.45, 2.75) is 37.8 Å². The van der Waals surface area contributed by atoms with Gasteiger partial charge in [-0.15, -0.1) is 0 Å². The van der Waals surface area contributed by atoms with Gasteiger partial charge in [-0.1, -0.05) is 0 Å². The van der Waals surface area contributed by atoms with Gasteiger partial charge < -0.3 is 4.90 Å². The van der Waals surface area contributed by atoms with Gasteiger partial charge in [-0.2, -0.15) is 0 Å². The summed E-state index contributed by atoms with van der Waals surface area (Å²) in [5.74, 6) is 0.476. The van der Waals surface area contributed by atoms with Gasteiger partial charge >= 0.3 is 0 Å². The van der Waals surface area contributed by atoms with E-state index >= 15 is 0 Å². The number of ketones is 1. The van der Waals surface area contributed by atoms with Crippen LogP contribution in [0.25, 0.3) is 0 Å². The summed E-state index contributed by atoms with van der Waals surface area (Å²) in [5.41, 5.74) is 0. The van der Waals surface area contributed by atoms with E-state index in [4.69, 9.17) is 0 Å². The third-order valence-electron chi connectivity index (χ3n) is 3.64. The highest BCUT2D eigenvalue weighted by molar-refractivity contribution is 5.85. The topological polar surface area (TPSA) is 23.6 Å². The average molecular weight is 196 g/mol. The van der Waals surface area contributed by atoms with Crippen molar-refractivity contribution >= 4 is 5.78 Å². The molecule has 1 saturated carbocycles. The molecule has 3 heteroatoms. The van der Waals surface area contributed by atoms with Crippen LogP contribution >= 0.6 is 0 Å². The van der Waals surface area contributed by atoms with Crippen molar-refractivity contribution in [1.82, 2.24) is 9.80 Å². The van der Waals surface area contributed by atoms with E-state index in [1.54, 1.807) is 0 Å². The molecule has 2 atom stereocenters. The first-order valence-electron chi connectivity index (χ1n) is 5.61. The Morgan fingerprint density at radius 2 is 2.14 bits per heavy atom. The zero-order chi connectivity index (χ0) is 10.1. The SMILES string of the molecule is CN(C)C1CCN(C2CCCC2=O)C1. The van der Waals surface area contributed by atoms with E-state index in [2.05, 4.69) is 23.9 Å². The maximum atomic E-state index is 11.6. The molecule has 1 saturated heterocycles. The fraction of sp³-hybridized carbons (Fsp3) is 0.909. The van der Waals surface area contributed by atoms with E-state index in [1.165, 1.54) is 6.42 Å². The van der Waals surface area contributed by atoms with Crippen LogP contribution in [0, 0.1) is 0 Å². The normalized spacial score (nSPS) is 34.6. The molecule has 0 N–H and O–H groups in total. The molecule has 1 aliphatic heterocycles. The standard InChI is InChI=1S/C11H20N2O/c1-12(2)9-6-7-13(8-9)10-4-3-5-11(10)14/h9-10H,3-8H2,1-2H3. The molecule has 2 rings (SSSR count). The first-order valence-corrected chi connectivity index (χ1v) is 5.61. The summed E-state index contributed by atoms with van der Waals surface area (Å²) in [4.78, 5) is 16.2. The predicted octanol–water partition coefficient (Wildman–Crippen LogP) is 0.744. The average Bonchev–Trinajstić information content (AvgIpc) is 2.71. The van der Waals surface area contributed by atoms with E-state index in [9.17, 15) is 4.79 Å². The number of carbonyl (C=O) groups is 1. The van der Waals surface area contributed by atoms with Crippen LogP contribution in [0.1, 0.15) is 25.7 Å². The molecule has 80 valence electrons. The Hall–Kier alpha value is -0.410. The summed E-state index contributed by atoms with van der Waals surface area (Å²) in [6.45, 7) is 2.20. The van der Waals surface area contributed by atoms with E-state index in [0.29, 0.717) is 11.8 Å². The summed E-state index contributed by atoms with van der Waals surface area (Å²) in [7, 11) is 4.26. The predicted molar refractivity (Wildman–Crippen MR) is 56.3 cm³/mol. The Morgan fingerprint density at radius 1 is 1.36 bits per heavy atom. The van der Waals surface area contributed by atoms with Crippen molar-refractivity contribution in [3.63, 3.8) is 0 Å². The summed E-state index contributed by atoms with van der Waals surface area (Å²) in [6, 6.07) is 0.920. The van der Waals surface area contributed by atoms with Crippen molar-refractivity contribution in [3.05, 3.63) is 0 Å². The Balaban J connectivity index is 1.92. The molecule has 0 aromatic rings. The van der Waals surface area contributed by atoms with Crippen molar-refractivity contribution in [1.29, 1.82) is 0 Å². The fourth-order valence-corrected chi connectivity index (χ4v) is 2.66. The summed E-state index contributed by atoms with van der Waals surface area (Å²) in [5, 5.41) is 0. The van der Waals surface area contributed by atoms with Gasteiger partial charge in [-0.25, -0.2) is 0 Å². The van der Waals surface area contributed by atoms with Crippen molar-refractivity contribution in [2.75, 3.05) is 27.2 Å². The highest BCUT2D eigenvalue weighted by atomic mass is 16.1. The Morgan fingerprint density at radius 3 is 2.64 bits per heavy atom. The van der Waals surface area contributed by atoms with Crippen LogP contribution in [-0.2, 0) is 4.79 Å². The Kier molecular flexibility index (Phi) is 2.88. The molecule has 0 aromatic carbocycles. The number of likely N-dealkylation sites (N-methyl/N-ethyl adjacent to an activating group) is 1. The zero-order valence-electron chi connectivity index (χ0n) is 9.20. The van der Waals surface area contributed by atoms with Gasteiger partial charge in [-0.05, 0) is 33.4 Å². The number of nitrogens with zero attached hydrogens (tertiary/aromatic N) is 2. The van der Waals surface area contributed by atoms with Crippen LogP contribution in [0.3, 0.4) is 0 Å².